The Balaban J connectivity index is 1.38. The smallest absolute Gasteiger partial charge is 0.255 e. The number of nitrogens with zero attached hydrogens (tertiary/aromatic N) is 7. The van der Waals surface area contributed by atoms with Crippen LogP contribution in [-0.2, 0) is 0 Å². The minimum absolute atomic E-state index is 0.0394. The largest absolute Gasteiger partial charge is 0.337 e. The molecule has 5 rings (SSSR count). The maximum Gasteiger partial charge on any atom is 0.255 e. The first-order chi connectivity index (χ1) is 19.7. The third kappa shape index (κ3) is 5.81. The van der Waals surface area contributed by atoms with E-state index in [0.717, 1.165) is 32.3 Å². The van der Waals surface area contributed by atoms with E-state index in [0.29, 0.717) is 41.5 Å². The molecule has 0 saturated carbocycles. The molecule has 0 bridgehead atoms. The molecule has 1 aliphatic rings. The van der Waals surface area contributed by atoms with Crippen LogP contribution in [0, 0.1) is 25.5 Å². The van der Waals surface area contributed by atoms with Crippen LogP contribution in [-0.4, -0.2) is 72.9 Å². The maximum absolute atomic E-state index is 15.0. The summed E-state index contributed by atoms with van der Waals surface area (Å²) in [5.41, 5.74) is 2.10. The summed E-state index contributed by atoms with van der Waals surface area (Å²) >= 11 is 0. The molecule has 1 amide bonds. The molecular formula is C30H34F2N8O. The van der Waals surface area contributed by atoms with Gasteiger partial charge in [0.1, 0.15) is 22.9 Å². The van der Waals surface area contributed by atoms with E-state index in [4.69, 9.17) is 0 Å². The molecule has 0 spiro atoms. The fourth-order valence-electron chi connectivity index (χ4n) is 5.37. The predicted molar refractivity (Wildman–Crippen MR) is 155 cm³/mol. The number of anilines is 2. The number of pyridine rings is 1. The second kappa shape index (κ2) is 11.7. The van der Waals surface area contributed by atoms with Crippen LogP contribution >= 0.6 is 0 Å². The number of amides is 1. The Morgan fingerprint density at radius 2 is 1.88 bits per heavy atom. The van der Waals surface area contributed by atoms with E-state index >= 15 is 4.39 Å². The van der Waals surface area contributed by atoms with E-state index in [1.165, 1.54) is 6.07 Å². The molecule has 1 N–H and O–H groups in total. The number of aryl methyl sites for hydroxylation is 2. The lowest BCUT2D eigenvalue weighted by Gasteiger charge is -2.22. The monoisotopic (exact) mass is 560 g/mol. The van der Waals surface area contributed by atoms with E-state index in [1.54, 1.807) is 25.1 Å². The molecule has 11 heteroatoms. The van der Waals surface area contributed by atoms with Gasteiger partial charge >= 0.3 is 0 Å². The summed E-state index contributed by atoms with van der Waals surface area (Å²) in [5.74, 6) is -0.129. The molecule has 1 fully saturated rings. The molecule has 0 atom stereocenters. The Bertz CT molecular complexity index is 1620. The van der Waals surface area contributed by atoms with Gasteiger partial charge in [0, 0.05) is 44.3 Å². The van der Waals surface area contributed by atoms with Gasteiger partial charge in [-0.2, -0.15) is 0 Å². The zero-order valence-electron chi connectivity index (χ0n) is 23.8. The Hall–Kier alpha value is -4.25. The van der Waals surface area contributed by atoms with Crippen LogP contribution in [0.2, 0.25) is 0 Å². The number of benzene rings is 1. The number of fused-ring (bicyclic) bond motifs is 1. The molecule has 1 saturated heterocycles. The van der Waals surface area contributed by atoms with Crippen molar-refractivity contribution >= 4 is 28.7 Å². The average Bonchev–Trinajstić information content (AvgIpc) is 3.10. The quantitative estimate of drug-likeness (QED) is 0.301. The minimum Gasteiger partial charge on any atom is -0.337 e. The van der Waals surface area contributed by atoms with E-state index in [1.807, 2.05) is 36.3 Å². The van der Waals surface area contributed by atoms with Crippen molar-refractivity contribution in [1.29, 1.82) is 0 Å². The lowest BCUT2D eigenvalue weighted by atomic mass is 10.1. The van der Waals surface area contributed by atoms with Crippen molar-refractivity contribution in [2.45, 2.75) is 40.2 Å². The predicted octanol–water partition coefficient (Wildman–Crippen LogP) is 5.44. The Morgan fingerprint density at radius 1 is 1.07 bits per heavy atom. The van der Waals surface area contributed by atoms with Gasteiger partial charge in [0.15, 0.2) is 11.6 Å². The van der Waals surface area contributed by atoms with E-state index < -0.39 is 11.6 Å². The molecule has 0 radical (unpaired) electrons. The summed E-state index contributed by atoms with van der Waals surface area (Å²) in [6.45, 7) is 15.2. The molecule has 4 aromatic rings. The second-order valence-electron chi connectivity index (χ2n) is 10.5. The van der Waals surface area contributed by atoms with Crippen LogP contribution in [0.1, 0.15) is 48.2 Å². The van der Waals surface area contributed by atoms with Crippen molar-refractivity contribution in [2.24, 2.45) is 0 Å². The van der Waals surface area contributed by atoms with Gasteiger partial charge in [-0.3, -0.25) is 9.69 Å². The van der Waals surface area contributed by atoms with E-state index in [9.17, 15) is 9.18 Å². The molecule has 1 aliphatic heterocycles. The Morgan fingerprint density at radius 3 is 2.61 bits per heavy atom. The number of halogens is 2. The number of hydrogen-bond acceptors (Lipinski definition) is 7. The van der Waals surface area contributed by atoms with Gasteiger partial charge in [0.2, 0.25) is 5.95 Å². The van der Waals surface area contributed by atoms with E-state index in [2.05, 4.69) is 36.7 Å². The van der Waals surface area contributed by atoms with Crippen LogP contribution in [0.25, 0.3) is 22.3 Å². The van der Waals surface area contributed by atoms with Crippen molar-refractivity contribution in [3.05, 3.63) is 71.8 Å². The summed E-state index contributed by atoms with van der Waals surface area (Å²) in [6, 6.07) is 6.36. The lowest BCUT2D eigenvalue weighted by molar-refractivity contribution is 0.0761. The number of rotatable bonds is 7. The number of carbonyl (C=O) groups is 1. The number of imidazole rings is 1. The van der Waals surface area contributed by atoms with Crippen LogP contribution in [0.4, 0.5) is 20.5 Å². The van der Waals surface area contributed by atoms with Gasteiger partial charge < -0.3 is 14.8 Å². The molecular weight excluding hydrogens is 526 g/mol. The highest BCUT2D eigenvalue weighted by molar-refractivity contribution is 5.95. The highest BCUT2D eigenvalue weighted by Gasteiger charge is 2.22. The highest BCUT2D eigenvalue weighted by atomic mass is 19.1. The zero-order chi connectivity index (χ0) is 29.3. The molecule has 0 unspecified atom stereocenters. The lowest BCUT2D eigenvalue weighted by Crippen LogP contribution is -2.35. The first kappa shape index (κ1) is 28.3. The number of hydrogen-bond donors (Lipinski definition) is 1. The van der Waals surface area contributed by atoms with Gasteiger partial charge in [-0.05, 0) is 58.4 Å². The van der Waals surface area contributed by atoms with Crippen molar-refractivity contribution < 1.29 is 13.6 Å². The first-order valence-corrected chi connectivity index (χ1v) is 13.7. The highest BCUT2D eigenvalue weighted by Crippen LogP contribution is 2.30. The summed E-state index contributed by atoms with van der Waals surface area (Å²) in [5, 5.41) is 2.99. The summed E-state index contributed by atoms with van der Waals surface area (Å²) < 4.78 is 31.8. The van der Waals surface area contributed by atoms with Crippen molar-refractivity contribution in [3.63, 3.8) is 0 Å². The van der Waals surface area contributed by atoms with Gasteiger partial charge in [-0.25, -0.2) is 28.7 Å². The third-order valence-electron chi connectivity index (χ3n) is 7.28. The topological polar surface area (TPSA) is 92.1 Å². The van der Waals surface area contributed by atoms with Crippen molar-refractivity contribution in [1.82, 2.24) is 34.3 Å². The second-order valence-corrected chi connectivity index (χ2v) is 10.5. The minimum atomic E-state index is -0.684. The van der Waals surface area contributed by atoms with E-state index in [-0.39, 0.29) is 34.7 Å². The standard InChI is InChI=1S/C30H34F2N8O/c1-6-10-38-11-7-12-39(14-13-38)29(41)22-8-9-26(34-19(22)4)36-30-33-17-24(32)27(37-30)21-15-23(31)28-25(16-21)40(18(2)3)20(5)35-28/h6,8-9,15-18H,1,7,10-14H2,2-5H3,(H,33,34,36,37). The molecule has 4 heterocycles. The molecule has 214 valence electrons. The van der Waals surface area contributed by atoms with Gasteiger partial charge in [0.25, 0.3) is 5.91 Å². The molecule has 41 heavy (non-hydrogen) atoms. The van der Waals surface area contributed by atoms with Crippen LogP contribution < -0.4 is 5.32 Å². The fourth-order valence-corrected chi connectivity index (χ4v) is 5.37. The van der Waals surface area contributed by atoms with Crippen LogP contribution in [0.15, 0.2) is 43.1 Å². The summed E-state index contributed by atoms with van der Waals surface area (Å²) in [4.78, 5) is 34.7. The SMILES string of the molecule is C=CCN1CCCN(C(=O)c2ccc(Nc3ncc(F)c(-c4cc(F)c5nc(C)n(C(C)C)c5c4)n3)nc2C)CC1. The maximum atomic E-state index is 15.0. The third-order valence-corrected chi connectivity index (χ3v) is 7.28. The van der Waals surface area contributed by atoms with Gasteiger partial charge in [-0.15, -0.1) is 6.58 Å². The first-order valence-electron chi connectivity index (χ1n) is 13.7. The molecule has 3 aromatic heterocycles. The van der Waals surface area contributed by atoms with Crippen LogP contribution in [0.5, 0.6) is 0 Å². The molecule has 0 aliphatic carbocycles. The molecule has 9 nitrogen and oxygen atoms in total. The number of aromatic nitrogens is 5. The van der Waals surface area contributed by atoms with Gasteiger partial charge in [0.05, 0.1) is 23.0 Å². The summed E-state index contributed by atoms with van der Waals surface area (Å²) in [6.07, 6.45) is 3.81. The fraction of sp³-hybridized carbons (Fsp3) is 0.367. The Labute approximate surface area is 238 Å². The van der Waals surface area contributed by atoms with Crippen molar-refractivity contribution in [2.75, 3.05) is 38.0 Å². The zero-order valence-corrected chi connectivity index (χ0v) is 23.8. The number of nitrogens with one attached hydrogen (secondary N) is 1. The molecule has 1 aromatic carbocycles. The Kier molecular flexibility index (Phi) is 8.07. The average molecular weight is 561 g/mol. The summed E-state index contributed by atoms with van der Waals surface area (Å²) in [7, 11) is 0. The normalized spacial score (nSPS) is 14.5. The van der Waals surface area contributed by atoms with Crippen molar-refractivity contribution in [3.8, 4) is 11.3 Å². The van der Waals surface area contributed by atoms with Crippen LogP contribution in [0.3, 0.4) is 0 Å². The van der Waals surface area contributed by atoms with Gasteiger partial charge in [-0.1, -0.05) is 6.08 Å². The number of carbonyl (C=O) groups excluding carboxylic acids is 1.